The third kappa shape index (κ3) is 3.99. The van der Waals surface area contributed by atoms with Crippen LogP contribution in [0.1, 0.15) is 22.5 Å². The standard InChI is InChI=1S/C23H20N6O3/c1-15-22(31)28(2)9-8-23(15,32)7-6-16-4-3-5-17(10-16)19-11-18(29-14-25-13-26-29)12-20(27-19)21(24)30/h3-5,10-14,32H,1,8-9H2,2H3,(H2,24,30). The van der Waals surface area contributed by atoms with Crippen LogP contribution in [-0.2, 0) is 4.79 Å². The Morgan fingerprint density at radius 2 is 2.12 bits per heavy atom. The zero-order chi connectivity index (χ0) is 22.9. The normalized spacial score (nSPS) is 18.2. The number of nitrogens with zero attached hydrogens (tertiary/aromatic N) is 5. The van der Waals surface area contributed by atoms with Crippen LogP contribution in [0.4, 0.5) is 0 Å². The van der Waals surface area contributed by atoms with Gasteiger partial charge in [-0.25, -0.2) is 14.6 Å². The van der Waals surface area contributed by atoms with E-state index in [1.54, 1.807) is 31.3 Å². The van der Waals surface area contributed by atoms with Crippen molar-refractivity contribution in [3.8, 4) is 28.8 Å². The summed E-state index contributed by atoms with van der Waals surface area (Å²) in [7, 11) is 1.66. The lowest BCUT2D eigenvalue weighted by Gasteiger charge is -2.34. The van der Waals surface area contributed by atoms with Crippen molar-refractivity contribution in [2.45, 2.75) is 12.0 Å². The third-order valence-electron chi connectivity index (χ3n) is 5.23. The molecule has 3 N–H and O–H groups in total. The fourth-order valence-electron chi connectivity index (χ4n) is 3.32. The molecular weight excluding hydrogens is 408 g/mol. The highest BCUT2D eigenvalue weighted by Crippen LogP contribution is 2.27. The van der Waals surface area contributed by atoms with Gasteiger partial charge in [-0.15, -0.1) is 0 Å². The smallest absolute Gasteiger partial charge is 0.267 e. The fraction of sp³-hybridized carbons (Fsp3) is 0.174. The molecule has 0 bridgehead atoms. The number of carbonyl (C=O) groups excluding carboxylic acids is 2. The van der Waals surface area contributed by atoms with E-state index in [0.717, 1.165) is 0 Å². The molecule has 0 saturated carbocycles. The number of rotatable bonds is 3. The fourth-order valence-corrected chi connectivity index (χ4v) is 3.32. The number of carbonyl (C=O) groups is 2. The van der Waals surface area contributed by atoms with Crippen LogP contribution in [0, 0.1) is 11.8 Å². The topological polar surface area (TPSA) is 127 Å². The van der Waals surface area contributed by atoms with Gasteiger partial charge in [-0.2, -0.15) is 5.10 Å². The molecule has 1 atom stereocenters. The molecule has 1 saturated heterocycles. The number of aromatic nitrogens is 4. The molecule has 32 heavy (non-hydrogen) atoms. The molecule has 1 unspecified atom stereocenters. The molecule has 0 radical (unpaired) electrons. The van der Waals surface area contributed by atoms with Crippen LogP contribution in [-0.4, -0.2) is 60.8 Å². The predicted molar refractivity (Wildman–Crippen MR) is 116 cm³/mol. The Labute approximate surface area is 184 Å². The maximum atomic E-state index is 12.1. The van der Waals surface area contributed by atoms with Crippen LogP contribution in [0.15, 0.2) is 61.2 Å². The first-order valence-electron chi connectivity index (χ1n) is 9.74. The Balaban J connectivity index is 1.71. The summed E-state index contributed by atoms with van der Waals surface area (Å²) in [5, 5.41) is 14.9. The van der Waals surface area contributed by atoms with Crippen molar-refractivity contribution < 1.29 is 14.7 Å². The van der Waals surface area contributed by atoms with Crippen LogP contribution in [0.3, 0.4) is 0 Å². The lowest BCUT2D eigenvalue weighted by molar-refractivity contribution is -0.130. The van der Waals surface area contributed by atoms with E-state index >= 15 is 0 Å². The van der Waals surface area contributed by atoms with E-state index < -0.39 is 11.5 Å². The monoisotopic (exact) mass is 428 g/mol. The number of pyridine rings is 1. The van der Waals surface area contributed by atoms with Gasteiger partial charge in [-0.3, -0.25) is 9.59 Å². The predicted octanol–water partition coefficient (Wildman–Crippen LogP) is 0.929. The molecule has 0 aliphatic carbocycles. The van der Waals surface area contributed by atoms with Gasteiger partial charge in [0.1, 0.15) is 18.3 Å². The molecule has 160 valence electrons. The number of likely N-dealkylation sites (tertiary alicyclic amines) is 1. The summed E-state index contributed by atoms with van der Waals surface area (Å²) in [6, 6.07) is 10.4. The van der Waals surface area contributed by atoms with Crippen molar-refractivity contribution >= 4 is 11.8 Å². The molecule has 1 aliphatic rings. The minimum Gasteiger partial charge on any atom is -0.373 e. The molecular formula is C23H20N6O3. The highest BCUT2D eigenvalue weighted by molar-refractivity contribution is 5.96. The average molecular weight is 428 g/mol. The second-order valence-corrected chi connectivity index (χ2v) is 7.45. The number of hydrogen-bond donors (Lipinski definition) is 2. The van der Waals surface area contributed by atoms with E-state index in [1.807, 2.05) is 6.07 Å². The lowest BCUT2D eigenvalue weighted by atomic mass is 9.87. The second-order valence-electron chi connectivity index (χ2n) is 7.45. The molecule has 3 aromatic rings. The van der Waals surface area contributed by atoms with E-state index in [1.165, 1.54) is 28.3 Å². The number of likely N-dealkylation sites (N-methyl/N-ethyl adjacent to an activating group) is 1. The van der Waals surface area contributed by atoms with Crippen LogP contribution in [0.5, 0.6) is 0 Å². The summed E-state index contributed by atoms with van der Waals surface area (Å²) >= 11 is 0. The first-order valence-corrected chi connectivity index (χ1v) is 9.74. The Morgan fingerprint density at radius 3 is 2.84 bits per heavy atom. The van der Waals surface area contributed by atoms with Gasteiger partial charge in [0.2, 0.25) is 0 Å². The molecule has 2 amide bonds. The number of piperidine rings is 1. The van der Waals surface area contributed by atoms with E-state index in [4.69, 9.17) is 5.73 Å². The Hall–Kier alpha value is -4.29. The van der Waals surface area contributed by atoms with Gasteiger partial charge in [0.15, 0.2) is 5.60 Å². The number of nitrogens with two attached hydrogens (primary N) is 1. The van der Waals surface area contributed by atoms with Gasteiger partial charge in [0, 0.05) is 31.1 Å². The van der Waals surface area contributed by atoms with Crippen molar-refractivity contribution in [2.75, 3.05) is 13.6 Å². The van der Waals surface area contributed by atoms with Crippen molar-refractivity contribution in [1.82, 2.24) is 24.6 Å². The molecule has 0 spiro atoms. The molecule has 2 aromatic heterocycles. The quantitative estimate of drug-likeness (QED) is 0.472. The molecule has 9 nitrogen and oxygen atoms in total. The summed E-state index contributed by atoms with van der Waals surface area (Å²) in [5.41, 5.74) is 6.38. The molecule has 1 fully saturated rings. The summed E-state index contributed by atoms with van der Waals surface area (Å²) in [6.45, 7) is 4.11. The van der Waals surface area contributed by atoms with Gasteiger partial charge >= 0.3 is 0 Å². The van der Waals surface area contributed by atoms with Gasteiger partial charge < -0.3 is 15.7 Å². The first-order chi connectivity index (χ1) is 15.3. The maximum absolute atomic E-state index is 12.1. The number of aliphatic hydroxyl groups is 1. The Bertz CT molecular complexity index is 1290. The van der Waals surface area contributed by atoms with Crippen LogP contribution in [0.2, 0.25) is 0 Å². The van der Waals surface area contributed by atoms with Crippen molar-refractivity contribution in [3.63, 3.8) is 0 Å². The molecule has 9 heteroatoms. The van der Waals surface area contributed by atoms with Crippen LogP contribution in [0.25, 0.3) is 16.9 Å². The van der Waals surface area contributed by atoms with Crippen LogP contribution >= 0.6 is 0 Å². The van der Waals surface area contributed by atoms with Crippen molar-refractivity contribution in [2.24, 2.45) is 5.73 Å². The summed E-state index contributed by atoms with van der Waals surface area (Å²) in [4.78, 5) is 33.7. The first kappa shape index (κ1) is 21.0. The molecule has 3 heterocycles. The average Bonchev–Trinajstić information content (AvgIpc) is 3.34. The number of primary amides is 1. The zero-order valence-electron chi connectivity index (χ0n) is 17.3. The van der Waals surface area contributed by atoms with E-state index in [-0.39, 0.29) is 23.6 Å². The number of hydrogen-bond acceptors (Lipinski definition) is 6. The van der Waals surface area contributed by atoms with Crippen molar-refractivity contribution in [3.05, 3.63) is 72.5 Å². The highest BCUT2D eigenvalue weighted by Gasteiger charge is 2.38. The Kier molecular flexibility index (Phi) is 5.30. The van der Waals surface area contributed by atoms with Gasteiger partial charge in [0.25, 0.3) is 11.8 Å². The minimum absolute atomic E-state index is 0.0585. The maximum Gasteiger partial charge on any atom is 0.267 e. The van der Waals surface area contributed by atoms with E-state index in [0.29, 0.717) is 29.1 Å². The lowest BCUT2D eigenvalue weighted by Crippen LogP contribution is -2.47. The van der Waals surface area contributed by atoms with Gasteiger partial charge in [0.05, 0.1) is 17.0 Å². The van der Waals surface area contributed by atoms with Crippen molar-refractivity contribution in [1.29, 1.82) is 0 Å². The summed E-state index contributed by atoms with van der Waals surface area (Å²) in [5.74, 6) is 4.74. The largest absolute Gasteiger partial charge is 0.373 e. The Morgan fingerprint density at radius 1 is 1.31 bits per heavy atom. The van der Waals surface area contributed by atoms with E-state index in [9.17, 15) is 14.7 Å². The highest BCUT2D eigenvalue weighted by atomic mass is 16.3. The van der Waals surface area contributed by atoms with E-state index in [2.05, 4.69) is 33.5 Å². The minimum atomic E-state index is -1.58. The number of benzene rings is 1. The second kappa shape index (κ2) is 8.09. The molecule has 1 aromatic carbocycles. The van der Waals surface area contributed by atoms with Crippen LogP contribution < -0.4 is 5.73 Å². The zero-order valence-corrected chi connectivity index (χ0v) is 17.3. The molecule has 1 aliphatic heterocycles. The molecule has 4 rings (SSSR count). The summed E-state index contributed by atoms with van der Waals surface area (Å²) in [6.07, 6.45) is 3.17. The van der Waals surface area contributed by atoms with Gasteiger partial charge in [-0.1, -0.05) is 30.6 Å². The van der Waals surface area contributed by atoms with Gasteiger partial charge in [-0.05, 0) is 24.3 Å². The SMILES string of the molecule is C=C1C(=O)N(C)CCC1(O)C#Cc1cccc(-c2cc(-n3cncn3)cc(C(N)=O)n2)c1. The summed E-state index contributed by atoms with van der Waals surface area (Å²) < 4.78 is 1.50. The number of amides is 2. The third-order valence-corrected chi connectivity index (χ3v) is 5.23.